The number of ether oxygens (including phenoxy) is 1. The number of pyridine rings is 1. The third-order valence-corrected chi connectivity index (χ3v) is 4.66. The number of anilines is 2. The fourth-order valence-electron chi connectivity index (χ4n) is 3.25. The van der Waals surface area contributed by atoms with Crippen LogP contribution in [0.2, 0.25) is 0 Å². The smallest absolute Gasteiger partial charge is 0.261 e. The predicted molar refractivity (Wildman–Crippen MR) is 128 cm³/mol. The average Bonchev–Trinajstić information content (AvgIpc) is 3.27. The van der Waals surface area contributed by atoms with Crippen molar-refractivity contribution in [3.8, 4) is 22.8 Å². The van der Waals surface area contributed by atoms with Crippen LogP contribution < -0.4 is 10.1 Å². The van der Waals surface area contributed by atoms with Crippen LogP contribution >= 0.6 is 0 Å². The minimum Gasteiger partial charge on any atom is -0.497 e. The quantitative estimate of drug-likeness (QED) is 0.280. The summed E-state index contributed by atoms with van der Waals surface area (Å²) in [5, 5.41) is 14.2. The maximum Gasteiger partial charge on any atom is 0.261 e. The van der Waals surface area contributed by atoms with Crippen molar-refractivity contribution in [2.24, 2.45) is 0 Å². The number of benzene rings is 2. The van der Waals surface area contributed by atoms with Gasteiger partial charge in [-0.05, 0) is 47.5 Å². The molecule has 0 bridgehead atoms. The van der Waals surface area contributed by atoms with Gasteiger partial charge in [0.05, 0.1) is 25.2 Å². The number of aromatic amines is 1. The number of aromatic hydroxyl groups is 1. The van der Waals surface area contributed by atoms with Crippen molar-refractivity contribution in [3.63, 3.8) is 0 Å². The molecule has 3 aromatic heterocycles. The number of methoxy groups -OCH3 is 1. The van der Waals surface area contributed by atoms with Crippen molar-refractivity contribution in [2.45, 2.75) is 0 Å². The number of aromatic nitrogens is 5. The van der Waals surface area contributed by atoms with Gasteiger partial charge in [-0.15, -0.1) is 0 Å². The Morgan fingerprint density at radius 1 is 1.03 bits per heavy atom. The normalized spacial score (nSPS) is 11.1. The minimum absolute atomic E-state index is 0.180. The molecule has 0 unspecified atom stereocenters. The summed E-state index contributed by atoms with van der Waals surface area (Å²) in [5.74, 6) is 0.897. The Balaban J connectivity index is 0.000000499. The van der Waals surface area contributed by atoms with E-state index in [0.717, 1.165) is 33.5 Å². The van der Waals surface area contributed by atoms with Gasteiger partial charge in [-0.1, -0.05) is 12.1 Å². The van der Waals surface area contributed by atoms with Crippen molar-refractivity contribution in [3.05, 3.63) is 61.1 Å². The van der Waals surface area contributed by atoms with Crippen molar-refractivity contribution in [1.82, 2.24) is 24.9 Å². The first-order chi connectivity index (χ1) is 16.2. The van der Waals surface area contributed by atoms with Crippen LogP contribution in [-0.4, -0.2) is 56.4 Å². The van der Waals surface area contributed by atoms with E-state index < -0.39 is 10.1 Å². The molecule has 3 heterocycles. The highest BCUT2D eigenvalue weighted by molar-refractivity contribution is 7.85. The van der Waals surface area contributed by atoms with Crippen molar-refractivity contribution >= 4 is 43.8 Å². The number of fused-ring (bicyclic) bond motifs is 2. The predicted octanol–water partition coefficient (Wildman–Crippen LogP) is 3.53. The first kappa shape index (κ1) is 22.9. The molecule has 0 atom stereocenters. The van der Waals surface area contributed by atoms with Gasteiger partial charge in [-0.2, -0.15) is 18.4 Å². The molecule has 4 N–H and O–H groups in total. The maximum atomic E-state index is 10.0. The second-order valence-corrected chi connectivity index (χ2v) is 8.61. The Bertz CT molecular complexity index is 1560. The van der Waals surface area contributed by atoms with Crippen LogP contribution in [0.15, 0.2) is 61.1 Å². The van der Waals surface area contributed by atoms with Gasteiger partial charge in [0.2, 0.25) is 11.8 Å². The van der Waals surface area contributed by atoms with Gasteiger partial charge in [0.1, 0.15) is 5.75 Å². The summed E-state index contributed by atoms with van der Waals surface area (Å²) < 4.78 is 31.1. The number of nitrogens with one attached hydrogen (secondary N) is 2. The molecule has 0 aliphatic carbocycles. The van der Waals surface area contributed by atoms with E-state index in [9.17, 15) is 13.5 Å². The Hall–Kier alpha value is -4.29. The highest BCUT2D eigenvalue weighted by Crippen LogP contribution is 2.31. The number of H-pyrrole nitrogens is 1. The summed E-state index contributed by atoms with van der Waals surface area (Å²) >= 11 is 0. The van der Waals surface area contributed by atoms with Gasteiger partial charge < -0.3 is 20.1 Å². The van der Waals surface area contributed by atoms with Gasteiger partial charge in [0.25, 0.3) is 10.1 Å². The van der Waals surface area contributed by atoms with Crippen molar-refractivity contribution in [2.75, 3.05) is 18.7 Å². The van der Waals surface area contributed by atoms with Crippen LogP contribution in [0, 0.1) is 0 Å². The molecule has 0 radical (unpaired) electrons. The van der Waals surface area contributed by atoms with Gasteiger partial charge in [0, 0.05) is 17.3 Å². The number of imidazole rings is 1. The second-order valence-electron chi connectivity index (χ2n) is 7.15. The molecule has 174 valence electrons. The molecule has 34 heavy (non-hydrogen) atoms. The fraction of sp³-hybridized carbons (Fsp3) is 0.0909. The monoisotopic (exact) mass is 480 g/mol. The molecule has 0 aliphatic rings. The largest absolute Gasteiger partial charge is 0.497 e. The lowest BCUT2D eigenvalue weighted by Gasteiger charge is -2.10. The summed E-state index contributed by atoms with van der Waals surface area (Å²) in [7, 11) is -2.02. The van der Waals surface area contributed by atoms with Crippen LogP contribution in [0.5, 0.6) is 11.6 Å². The van der Waals surface area contributed by atoms with Gasteiger partial charge >= 0.3 is 0 Å². The Labute approximate surface area is 194 Å². The van der Waals surface area contributed by atoms with E-state index in [1.165, 1.54) is 6.33 Å². The second kappa shape index (κ2) is 9.29. The fourth-order valence-corrected chi connectivity index (χ4v) is 3.25. The highest BCUT2D eigenvalue weighted by Gasteiger charge is 2.11. The van der Waals surface area contributed by atoms with E-state index in [4.69, 9.17) is 9.29 Å². The van der Waals surface area contributed by atoms with Gasteiger partial charge in [-0.3, -0.25) is 9.54 Å². The molecule has 0 saturated carbocycles. The van der Waals surface area contributed by atoms with Crippen LogP contribution in [-0.2, 0) is 10.1 Å². The van der Waals surface area contributed by atoms with E-state index in [1.54, 1.807) is 13.3 Å². The van der Waals surface area contributed by atoms with Crippen LogP contribution in [0.3, 0.4) is 0 Å². The third-order valence-electron chi connectivity index (χ3n) is 4.66. The standard InChI is InChI=1S/C21H16N6O2.CH4O3S/c1-29-14-5-2-12(3-6-14)15-8-9-22-17-7-4-13(10-16(15)17)25-21-26-19-18(20(28)27-21)23-11-24-19;1-5(2,3)4/h2-11H,1H3,(H3,23,24,25,26,27,28);1H3,(H,2,3,4). The van der Waals surface area contributed by atoms with E-state index in [-0.39, 0.29) is 11.8 Å². The molecular formula is C22H20N6O5S. The lowest BCUT2D eigenvalue weighted by molar-refractivity contribution is 0.415. The summed E-state index contributed by atoms with van der Waals surface area (Å²) in [6, 6.07) is 15.7. The zero-order valence-electron chi connectivity index (χ0n) is 18.1. The molecule has 0 aliphatic heterocycles. The lowest BCUT2D eigenvalue weighted by Crippen LogP contribution is -1.98. The number of nitrogens with zero attached hydrogens (tertiary/aromatic N) is 4. The van der Waals surface area contributed by atoms with Gasteiger partial charge in [-0.25, -0.2) is 4.98 Å². The van der Waals surface area contributed by atoms with Crippen molar-refractivity contribution < 1.29 is 22.8 Å². The van der Waals surface area contributed by atoms with Crippen molar-refractivity contribution in [1.29, 1.82) is 0 Å². The summed E-state index contributed by atoms with van der Waals surface area (Å²) in [6.45, 7) is 0. The molecule has 0 amide bonds. The first-order valence-corrected chi connectivity index (χ1v) is 11.7. The molecule has 5 aromatic rings. The SMILES string of the molecule is COc1ccc(-c2ccnc3ccc(Nc4nc(O)c5nc[nH]c5n4)cc23)cc1.CS(=O)(=O)O. The number of hydrogen-bond donors (Lipinski definition) is 4. The Kier molecular flexibility index (Phi) is 6.25. The molecule has 2 aromatic carbocycles. The average molecular weight is 481 g/mol. The molecular weight excluding hydrogens is 460 g/mol. The Morgan fingerprint density at radius 3 is 2.47 bits per heavy atom. The van der Waals surface area contributed by atoms with Crippen LogP contribution in [0.4, 0.5) is 11.6 Å². The van der Waals surface area contributed by atoms with Crippen LogP contribution in [0.25, 0.3) is 33.2 Å². The maximum absolute atomic E-state index is 10.0. The molecule has 0 saturated heterocycles. The number of rotatable bonds is 4. The minimum atomic E-state index is -3.67. The molecule has 11 nitrogen and oxygen atoms in total. The number of hydrogen-bond acceptors (Lipinski definition) is 9. The molecule has 5 rings (SSSR count). The van der Waals surface area contributed by atoms with Gasteiger partial charge in [0.15, 0.2) is 11.2 Å². The zero-order valence-corrected chi connectivity index (χ0v) is 18.9. The summed E-state index contributed by atoms with van der Waals surface area (Å²) in [5.41, 5.74) is 4.55. The van der Waals surface area contributed by atoms with E-state index in [2.05, 4.69) is 30.2 Å². The van der Waals surface area contributed by atoms with E-state index in [1.807, 2.05) is 48.5 Å². The summed E-state index contributed by atoms with van der Waals surface area (Å²) in [4.78, 5) is 19.7. The molecule has 0 spiro atoms. The first-order valence-electron chi connectivity index (χ1n) is 9.84. The molecule has 12 heteroatoms. The highest BCUT2D eigenvalue weighted by atomic mass is 32.2. The van der Waals surface area contributed by atoms with Crippen LogP contribution in [0.1, 0.15) is 0 Å². The molecule has 0 fully saturated rings. The zero-order chi connectivity index (χ0) is 24.3. The topological polar surface area (TPSA) is 163 Å². The van der Waals surface area contributed by atoms with E-state index >= 15 is 0 Å². The third kappa shape index (κ3) is 5.36. The Morgan fingerprint density at radius 2 is 1.76 bits per heavy atom. The lowest BCUT2D eigenvalue weighted by atomic mass is 10.0. The summed E-state index contributed by atoms with van der Waals surface area (Å²) in [6.07, 6.45) is 3.97. The van der Waals surface area contributed by atoms with E-state index in [0.29, 0.717) is 17.4 Å².